The van der Waals surface area contributed by atoms with Gasteiger partial charge >= 0.3 is 37.1 Å². The van der Waals surface area contributed by atoms with Crippen molar-refractivity contribution >= 4 is 13.7 Å². The number of hydrogen-bond acceptors (Lipinski definition) is 2. The van der Waals surface area contributed by atoms with Gasteiger partial charge < -0.3 is 0 Å². The predicted octanol–water partition coefficient (Wildman–Crippen LogP) is 1.68. The standard InChI is InChI=1S/C3H6.C2H6O2S.2CH4.W/c1-3-2;1-5(2,3)4;;;/h1-2H3;1-2H3;2*1H4;. The fraction of sp³-hybridized carbons (Fsp3) is 0.857. The third-order valence-electron chi connectivity index (χ3n) is 0. The van der Waals surface area contributed by atoms with Gasteiger partial charge in [0.25, 0.3) is 0 Å². The number of rotatable bonds is 0. The van der Waals surface area contributed by atoms with E-state index in [0.29, 0.717) is 0 Å². The van der Waals surface area contributed by atoms with E-state index in [-0.39, 0.29) is 14.9 Å². The van der Waals surface area contributed by atoms with Crippen LogP contribution >= 0.6 is 0 Å². The summed E-state index contributed by atoms with van der Waals surface area (Å²) in [6.07, 6.45) is 2.32. The molecule has 0 atom stereocenters. The van der Waals surface area contributed by atoms with Gasteiger partial charge in [0, 0.05) is 12.5 Å². The molecule has 0 aliphatic rings. The fourth-order valence-electron chi connectivity index (χ4n) is 0. The Kier molecular flexibility index (Phi) is 21.5. The first-order chi connectivity index (χ1) is 3.73. The van der Waals surface area contributed by atoms with Gasteiger partial charge in [-0.2, -0.15) is 0 Å². The maximum atomic E-state index is 9.63. The minimum atomic E-state index is -2.67. The van der Waals surface area contributed by atoms with Crippen LogP contribution in [-0.4, -0.2) is 24.8 Å². The topological polar surface area (TPSA) is 34.1 Å². The van der Waals surface area contributed by atoms with Crippen LogP contribution in [0.2, 0.25) is 0 Å². The molecular formula is C7H20O2SW. The predicted molar refractivity (Wildman–Crippen MR) is 50.6 cm³/mol. The van der Waals surface area contributed by atoms with Crippen LogP contribution in [0.5, 0.6) is 0 Å². The molecule has 0 spiro atoms. The molecule has 0 saturated carbocycles. The summed E-state index contributed by atoms with van der Waals surface area (Å²) in [6.45, 7) is 4.24. The number of hydrogen-bond donors (Lipinski definition) is 0. The molecule has 0 aliphatic carbocycles. The van der Waals surface area contributed by atoms with Gasteiger partial charge in [0.2, 0.25) is 0 Å². The van der Waals surface area contributed by atoms with Crippen LogP contribution in [0.15, 0.2) is 0 Å². The fourth-order valence-corrected chi connectivity index (χ4v) is 0. The molecule has 4 heteroatoms. The Morgan fingerprint density at radius 3 is 1.09 bits per heavy atom. The third kappa shape index (κ3) is 2940. The summed E-state index contributed by atoms with van der Waals surface area (Å²) in [5, 5.41) is 0. The first kappa shape index (κ1) is 22.5. The zero-order valence-electron chi connectivity index (χ0n) is 6.13. The molecule has 0 saturated heterocycles. The average Bonchev–Trinajstić information content (AvgIpc) is 1.19. The first-order valence-electron chi connectivity index (χ1n) is 2.35. The minimum absolute atomic E-state index is 0. The van der Waals surface area contributed by atoms with Crippen LogP contribution in [0.1, 0.15) is 28.7 Å². The number of sulfone groups is 1. The summed E-state index contributed by atoms with van der Waals surface area (Å²) < 4.78 is 20.8. The summed E-state index contributed by atoms with van der Waals surface area (Å²) in [5.74, 6) is 0. The van der Waals surface area contributed by atoms with Gasteiger partial charge in [-0.25, -0.2) is 8.42 Å². The summed E-state index contributed by atoms with van der Waals surface area (Å²) in [5.41, 5.74) is 0. The second-order valence-electron chi connectivity index (χ2n) is 2.05. The van der Waals surface area contributed by atoms with Crippen LogP contribution in [0.25, 0.3) is 0 Å². The Hall–Kier alpha value is 0.508. The van der Waals surface area contributed by atoms with Gasteiger partial charge in [0.05, 0.1) is 0 Å². The van der Waals surface area contributed by atoms with E-state index >= 15 is 0 Å². The molecule has 72 valence electrons. The molecule has 0 fully saturated rings. The molecule has 0 rings (SSSR count). The normalized spacial score (nSPS) is 7.64. The Morgan fingerprint density at radius 2 is 1.09 bits per heavy atom. The molecule has 0 aliphatic heterocycles. The second kappa shape index (κ2) is 10.5. The average molecular weight is 352 g/mol. The van der Waals surface area contributed by atoms with E-state index in [1.807, 2.05) is 0 Å². The Bertz CT molecular complexity index is 159. The summed E-state index contributed by atoms with van der Waals surface area (Å²) in [4.78, 5) is 0. The van der Waals surface area contributed by atoms with Gasteiger partial charge in [-0.15, -0.1) is 0 Å². The quantitative estimate of drug-likeness (QED) is 0.665. The van der Waals surface area contributed by atoms with Gasteiger partial charge in [0.15, 0.2) is 0 Å². The van der Waals surface area contributed by atoms with Crippen molar-refractivity contribution in [1.82, 2.24) is 0 Å². The summed E-state index contributed by atoms with van der Waals surface area (Å²) in [6, 6.07) is 0. The molecule has 0 aromatic rings. The summed E-state index contributed by atoms with van der Waals surface area (Å²) >= 11 is 1.59. The molecule has 0 heterocycles. The molecule has 0 unspecified atom stereocenters. The molecular weight excluding hydrogens is 332 g/mol. The summed E-state index contributed by atoms with van der Waals surface area (Å²) in [7, 11) is -2.67. The van der Waals surface area contributed by atoms with Crippen LogP contribution < -0.4 is 0 Å². The van der Waals surface area contributed by atoms with Crippen LogP contribution in [0.4, 0.5) is 0 Å². The third-order valence-corrected chi connectivity index (χ3v) is 0. The van der Waals surface area contributed by atoms with E-state index in [9.17, 15) is 8.42 Å². The van der Waals surface area contributed by atoms with E-state index in [1.165, 1.54) is 3.90 Å². The van der Waals surface area contributed by atoms with Crippen LogP contribution in [0, 0.1) is 0 Å². The van der Waals surface area contributed by atoms with Crippen LogP contribution in [0.3, 0.4) is 0 Å². The molecule has 0 N–H and O–H groups in total. The molecule has 0 aromatic carbocycles. The second-order valence-corrected chi connectivity index (χ2v) is 7.27. The molecule has 0 aromatic heterocycles. The van der Waals surface area contributed by atoms with Gasteiger partial charge in [0.1, 0.15) is 9.84 Å². The molecule has 2 nitrogen and oxygen atoms in total. The maximum absolute atomic E-state index is 9.63. The van der Waals surface area contributed by atoms with E-state index in [4.69, 9.17) is 0 Å². The molecule has 0 amide bonds. The Morgan fingerprint density at radius 1 is 1.09 bits per heavy atom. The van der Waals surface area contributed by atoms with Crippen molar-refractivity contribution in [3.8, 4) is 0 Å². The zero-order valence-corrected chi connectivity index (χ0v) is 9.88. The van der Waals surface area contributed by atoms with E-state index in [1.54, 1.807) is 19.4 Å². The van der Waals surface area contributed by atoms with Gasteiger partial charge in [-0.3, -0.25) is 0 Å². The molecule has 0 radical (unpaired) electrons. The molecule has 11 heavy (non-hydrogen) atoms. The van der Waals surface area contributed by atoms with Crippen LogP contribution in [-0.2, 0) is 29.2 Å². The Balaban J connectivity index is -0.0000000383. The van der Waals surface area contributed by atoms with E-state index in [2.05, 4.69) is 13.8 Å². The molecule has 0 bridgehead atoms. The van der Waals surface area contributed by atoms with Crippen molar-refractivity contribution < 1.29 is 27.8 Å². The first-order valence-corrected chi connectivity index (χ1v) is 6.12. The SMILES string of the molecule is C.C.CS(C)(=O)=O.C[C](C)=[W]. The van der Waals surface area contributed by atoms with E-state index in [0.717, 1.165) is 12.5 Å². The monoisotopic (exact) mass is 352 g/mol. The Labute approximate surface area is 82.7 Å². The van der Waals surface area contributed by atoms with Crippen molar-refractivity contribution in [2.75, 3.05) is 12.5 Å². The van der Waals surface area contributed by atoms with Crippen molar-refractivity contribution in [1.29, 1.82) is 0 Å². The van der Waals surface area contributed by atoms with Gasteiger partial charge in [-0.05, 0) is 0 Å². The van der Waals surface area contributed by atoms with Crippen molar-refractivity contribution in [3.05, 3.63) is 0 Å². The van der Waals surface area contributed by atoms with E-state index < -0.39 is 9.84 Å². The zero-order chi connectivity index (χ0) is 8.08. The van der Waals surface area contributed by atoms with Gasteiger partial charge in [-0.1, -0.05) is 14.9 Å². The van der Waals surface area contributed by atoms with Crippen molar-refractivity contribution in [2.24, 2.45) is 0 Å². The van der Waals surface area contributed by atoms with Crippen molar-refractivity contribution in [2.45, 2.75) is 28.7 Å². The van der Waals surface area contributed by atoms with Crippen molar-refractivity contribution in [3.63, 3.8) is 0 Å².